The van der Waals surface area contributed by atoms with Crippen molar-refractivity contribution < 1.29 is 19.4 Å². The summed E-state index contributed by atoms with van der Waals surface area (Å²) in [4.78, 5) is 24.0. The van der Waals surface area contributed by atoms with E-state index in [2.05, 4.69) is 0 Å². The quantitative estimate of drug-likeness (QED) is 0.683. The van der Waals surface area contributed by atoms with Gasteiger partial charge in [0, 0.05) is 12.0 Å². The van der Waals surface area contributed by atoms with Gasteiger partial charge in [-0.25, -0.2) is 4.79 Å². The molecule has 0 aromatic rings. The van der Waals surface area contributed by atoms with E-state index in [0.29, 0.717) is 11.3 Å². The van der Waals surface area contributed by atoms with Crippen molar-refractivity contribution in [2.45, 2.75) is 11.8 Å². The van der Waals surface area contributed by atoms with Crippen LogP contribution in [0.25, 0.3) is 0 Å². The van der Waals surface area contributed by atoms with Gasteiger partial charge in [-0.05, 0) is 0 Å². The molecule has 76 valence electrons. The summed E-state index contributed by atoms with van der Waals surface area (Å²) in [6, 6.07) is 0. The van der Waals surface area contributed by atoms with Gasteiger partial charge in [0.05, 0.1) is 18.4 Å². The summed E-state index contributed by atoms with van der Waals surface area (Å²) in [5.74, 6) is -1.17. The Hall–Kier alpha value is -1.01. The van der Waals surface area contributed by atoms with Crippen LogP contribution in [-0.2, 0) is 14.3 Å². The molecule has 0 aliphatic carbocycles. The van der Waals surface area contributed by atoms with Crippen molar-refractivity contribution >= 4 is 23.6 Å². The molecule has 2 aliphatic rings. The first-order chi connectivity index (χ1) is 6.65. The minimum absolute atomic E-state index is 0.0150. The van der Waals surface area contributed by atoms with Crippen molar-refractivity contribution in [1.29, 1.82) is 0 Å². The van der Waals surface area contributed by atoms with Crippen molar-refractivity contribution in [3.8, 4) is 0 Å². The normalized spacial score (nSPS) is 25.1. The standard InChI is InChI=1S/C8H9NO4S/c1-13-3-4-7(8(11)12)9-5(10)2-6(9)14-4/h6H,2-3H2,1H3,(H,11,12). The van der Waals surface area contributed by atoms with E-state index in [0.717, 1.165) is 0 Å². The Morgan fingerprint density at radius 3 is 3.00 bits per heavy atom. The lowest BCUT2D eigenvalue weighted by Gasteiger charge is -2.33. The first-order valence-electron chi connectivity index (χ1n) is 4.09. The fourth-order valence-electron chi connectivity index (χ4n) is 1.56. The zero-order chi connectivity index (χ0) is 10.3. The molecule has 0 bridgehead atoms. The minimum Gasteiger partial charge on any atom is -0.477 e. The average molecular weight is 215 g/mol. The number of thioether (sulfide) groups is 1. The molecule has 1 atom stereocenters. The SMILES string of the molecule is COCC1=C(C(=O)O)N2C(=O)CC2S1. The van der Waals surface area contributed by atoms with E-state index in [4.69, 9.17) is 9.84 Å². The van der Waals surface area contributed by atoms with Crippen LogP contribution in [0.15, 0.2) is 10.6 Å². The lowest BCUT2D eigenvalue weighted by molar-refractivity contribution is -0.145. The predicted octanol–water partition coefficient (Wildman–Crippen LogP) is 0.234. The molecule has 14 heavy (non-hydrogen) atoms. The molecule has 2 aliphatic heterocycles. The van der Waals surface area contributed by atoms with Gasteiger partial charge in [0.15, 0.2) is 0 Å². The Morgan fingerprint density at radius 2 is 2.50 bits per heavy atom. The van der Waals surface area contributed by atoms with Crippen molar-refractivity contribution in [3.05, 3.63) is 10.6 Å². The van der Waals surface area contributed by atoms with E-state index in [9.17, 15) is 9.59 Å². The molecule has 0 aromatic heterocycles. The van der Waals surface area contributed by atoms with Crippen molar-refractivity contribution in [1.82, 2.24) is 4.90 Å². The second kappa shape index (κ2) is 3.29. The molecule has 0 radical (unpaired) electrons. The molecule has 6 heteroatoms. The van der Waals surface area contributed by atoms with Crippen LogP contribution in [-0.4, -0.2) is 41.0 Å². The van der Waals surface area contributed by atoms with E-state index < -0.39 is 5.97 Å². The van der Waals surface area contributed by atoms with E-state index in [-0.39, 0.29) is 23.6 Å². The third-order valence-corrected chi connectivity index (χ3v) is 3.41. The highest BCUT2D eigenvalue weighted by atomic mass is 32.2. The van der Waals surface area contributed by atoms with Crippen LogP contribution in [0.3, 0.4) is 0 Å². The number of rotatable bonds is 3. The number of carboxylic acids is 1. The molecule has 1 amide bonds. The highest BCUT2D eigenvalue weighted by Crippen LogP contribution is 2.45. The molecule has 2 heterocycles. The molecule has 0 saturated carbocycles. The number of carbonyl (C=O) groups excluding carboxylic acids is 1. The lowest BCUT2D eigenvalue weighted by atomic mass is 10.1. The maximum absolute atomic E-state index is 11.2. The molecule has 1 fully saturated rings. The molecule has 0 spiro atoms. The number of hydrogen-bond donors (Lipinski definition) is 1. The van der Waals surface area contributed by atoms with Crippen molar-refractivity contribution in [2.75, 3.05) is 13.7 Å². The molecule has 0 aromatic carbocycles. The van der Waals surface area contributed by atoms with E-state index in [1.807, 2.05) is 0 Å². The molecular weight excluding hydrogens is 206 g/mol. The number of nitrogens with zero attached hydrogens (tertiary/aromatic N) is 1. The third kappa shape index (κ3) is 1.22. The first kappa shape index (κ1) is 9.54. The van der Waals surface area contributed by atoms with Crippen LogP contribution in [0.4, 0.5) is 0 Å². The minimum atomic E-state index is -1.06. The largest absolute Gasteiger partial charge is 0.477 e. The monoisotopic (exact) mass is 215 g/mol. The van der Waals surface area contributed by atoms with E-state index in [1.165, 1.54) is 23.8 Å². The number of hydrogen-bond acceptors (Lipinski definition) is 4. The summed E-state index contributed by atoms with van der Waals surface area (Å²) in [5.41, 5.74) is 0.0955. The highest BCUT2D eigenvalue weighted by Gasteiger charge is 2.48. The van der Waals surface area contributed by atoms with Gasteiger partial charge < -0.3 is 9.84 Å². The summed E-state index contributed by atoms with van der Waals surface area (Å²) in [5, 5.41) is 8.91. The van der Waals surface area contributed by atoms with Crippen LogP contribution in [0.5, 0.6) is 0 Å². The summed E-state index contributed by atoms with van der Waals surface area (Å²) in [6.45, 7) is 0.257. The second-order valence-corrected chi connectivity index (χ2v) is 4.32. The van der Waals surface area contributed by atoms with Crippen LogP contribution < -0.4 is 0 Å². The fraction of sp³-hybridized carbons (Fsp3) is 0.500. The number of amides is 1. The maximum atomic E-state index is 11.2. The Bertz CT molecular complexity index is 338. The van der Waals surface area contributed by atoms with Crippen LogP contribution in [0.1, 0.15) is 6.42 Å². The van der Waals surface area contributed by atoms with E-state index in [1.54, 1.807) is 0 Å². The number of fused-ring (bicyclic) bond motifs is 1. The van der Waals surface area contributed by atoms with Gasteiger partial charge in [-0.2, -0.15) is 0 Å². The molecule has 1 N–H and O–H groups in total. The van der Waals surface area contributed by atoms with E-state index >= 15 is 0 Å². The van der Waals surface area contributed by atoms with Gasteiger partial charge in [0.2, 0.25) is 5.91 Å². The zero-order valence-corrected chi connectivity index (χ0v) is 8.34. The topological polar surface area (TPSA) is 66.8 Å². The molecular formula is C8H9NO4S. The van der Waals surface area contributed by atoms with Crippen LogP contribution in [0, 0.1) is 0 Å². The smallest absolute Gasteiger partial charge is 0.353 e. The van der Waals surface area contributed by atoms with Crippen LogP contribution >= 0.6 is 11.8 Å². The average Bonchev–Trinajstić information content (AvgIpc) is 2.39. The Labute approximate surface area is 84.7 Å². The Kier molecular flexibility index (Phi) is 2.24. The Balaban J connectivity index is 2.28. The fourth-order valence-corrected chi connectivity index (χ4v) is 2.93. The lowest BCUT2D eigenvalue weighted by Crippen LogP contribution is -2.48. The summed E-state index contributed by atoms with van der Waals surface area (Å²) < 4.78 is 4.89. The number of carbonyl (C=O) groups is 2. The van der Waals surface area contributed by atoms with Gasteiger partial charge in [0.1, 0.15) is 5.70 Å². The van der Waals surface area contributed by atoms with Gasteiger partial charge >= 0.3 is 5.97 Å². The van der Waals surface area contributed by atoms with Crippen molar-refractivity contribution in [3.63, 3.8) is 0 Å². The number of ether oxygens (including phenoxy) is 1. The zero-order valence-electron chi connectivity index (χ0n) is 7.52. The number of β-lactam (4-membered cyclic amide) rings is 1. The number of aliphatic carboxylic acids is 1. The summed E-state index contributed by atoms with van der Waals surface area (Å²) in [7, 11) is 1.50. The number of methoxy groups -OCH3 is 1. The van der Waals surface area contributed by atoms with Gasteiger partial charge in [0.25, 0.3) is 0 Å². The molecule has 1 saturated heterocycles. The van der Waals surface area contributed by atoms with Gasteiger partial charge in [-0.1, -0.05) is 11.8 Å². The second-order valence-electron chi connectivity index (χ2n) is 3.05. The summed E-state index contributed by atoms with van der Waals surface area (Å²) in [6.07, 6.45) is 0.425. The molecule has 2 rings (SSSR count). The maximum Gasteiger partial charge on any atom is 0.353 e. The van der Waals surface area contributed by atoms with Crippen molar-refractivity contribution in [2.24, 2.45) is 0 Å². The Morgan fingerprint density at radius 1 is 1.79 bits per heavy atom. The van der Waals surface area contributed by atoms with Gasteiger partial charge in [-0.15, -0.1) is 0 Å². The highest BCUT2D eigenvalue weighted by molar-refractivity contribution is 8.04. The molecule has 5 nitrogen and oxygen atoms in total. The van der Waals surface area contributed by atoms with Crippen LogP contribution in [0.2, 0.25) is 0 Å². The number of carboxylic acid groups (broad SMARTS) is 1. The summed E-state index contributed by atoms with van der Waals surface area (Å²) >= 11 is 1.40. The predicted molar refractivity (Wildman–Crippen MR) is 49.4 cm³/mol. The molecule has 1 unspecified atom stereocenters. The van der Waals surface area contributed by atoms with Gasteiger partial charge in [-0.3, -0.25) is 9.69 Å². The third-order valence-electron chi connectivity index (χ3n) is 2.17. The first-order valence-corrected chi connectivity index (χ1v) is 4.97.